The molecule has 0 aliphatic rings. The molecule has 0 aromatic heterocycles. The molecule has 0 fully saturated rings. The topological polar surface area (TPSA) is 46.5 Å². The van der Waals surface area contributed by atoms with Crippen molar-refractivity contribution in [3.63, 3.8) is 0 Å². The van der Waals surface area contributed by atoms with E-state index < -0.39 is 5.97 Å². The fraction of sp³-hybridized carbons (Fsp3) is 0.0800. The maximum atomic E-state index is 12.1. The van der Waals surface area contributed by atoms with E-state index in [9.17, 15) is 9.90 Å². The van der Waals surface area contributed by atoms with Crippen molar-refractivity contribution in [1.82, 2.24) is 0 Å². The maximum Gasteiger partial charge on any atom is 0.336 e. The molecular weight excluding hydrogens is 348 g/mol. The van der Waals surface area contributed by atoms with Crippen molar-refractivity contribution in [3.8, 4) is 16.9 Å². The summed E-state index contributed by atoms with van der Waals surface area (Å²) in [7, 11) is 0. The molecule has 0 spiro atoms. The molecule has 3 heteroatoms. The first kappa shape index (κ1) is 17.8. The first-order valence-corrected chi connectivity index (χ1v) is 9.16. The summed E-state index contributed by atoms with van der Waals surface area (Å²) in [6.45, 7) is 2.40. The highest BCUT2D eigenvalue weighted by molar-refractivity contribution is 6.10. The number of hydrogen-bond donors (Lipinski definition) is 1. The van der Waals surface area contributed by atoms with Crippen molar-refractivity contribution in [3.05, 3.63) is 102 Å². The van der Waals surface area contributed by atoms with Crippen molar-refractivity contribution in [2.24, 2.45) is 0 Å². The summed E-state index contributed by atoms with van der Waals surface area (Å²) in [4.78, 5) is 12.1. The van der Waals surface area contributed by atoms with Crippen LogP contribution in [0.2, 0.25) is 0 Å². The van der Waals surface area contributed by atoms with Gasteiger partial charge in [-0.2, -0.15) is 0 Å². The van der Waals surface area contributed by atoms with Crippen LogP contribution < -0.4 is 4.74 Å². The van der Waals surface area contributed by atoms with Crippen LogP contribution in [0, 0.1) is 6.92 Å². The molecular formula is C25H20O3. The number of fused-ring (bicyclic) bond motifs is 1. The number of carboxylic acid groups (broad SMARTS) is 1. The van der Waals surface area contributed by atoms with Gasteiger partial charge in [-0.25, -0.2) is 4.79 Å². The average Bonchev–Trinajstić information content (AvgIpc) is 2.72. The molecule has 0 heterocycles. The number of aromatic carboxylic acids is 1. The normalized spacial score (nSPS) is 10.8. The Morgan fingerprint density at radius 2 is 1.54 bits per heavy atom. The number of benzene rings is 4. The minimum atomic E-state index is -0.967. The van der Waals surface area contributed by atoms with Gasteiger partial charge in [0.25, 0.3) is 0 Å². The Labute approximate surface area is 163 Å². The van der Waals surface area contributed by atoms with Gasteiger partial charge in [-0.1, -0.05) is 78.4 Å². The van der Waals surface area contributed by atoms with Gasteiger partial charge in [-0.15, -0.1) is 0 Å². The van der Waals surface area contributed by atoms with Crippen LogP contribution in [-0.2, 0) is 6.61 Å². The molecule has 0 saturated carbocycles. The first-order chi connectivity index (χ1) is 13.6. The van der Waals surface area contributed by atoms with E-state index >= 15 is 0 Å². The van der Waals surface area contributed by atoms with Crippen LogP contribution in [0.3, 0.4) is 0 Å². The molecule has 138 valence electrons. The van der Waals surface area contributed by atoms with E-state index in [1.165, 1.54) is 0 Å². The van der Waals surface area contributed by atoms with Crippen molar-refractivity contribution in [1.29, 1.82) is 0 Å². The summed E-state index contributed by atoms with van der Waals surface area (Å²) >= 11 is 0. The summed E-state index contributed by atoms with van der Waals surface area (Å²) in [6.07, 6.45) is 0. The van der Waals surface area contributed by atoms with Gasteiger partial charge in [0.1, 0.15) is 12.4 Å². The third-order valence-electron chi connectivity index (χ3n) is 4.78. The third-order valence-corrected chi connectivity index (χ3v) is 4.78. The number of aryl methyl sites for hydroxylation is 1. The second kappa shape index (κ2) is 7.57. The Bertz CT molecular complexity index is 1130. The largest absolute Gasteiger partial charge is 0.488 e. The highest BCUT2D eigenvalue weighted by atomic mass is 16.5. The SMILES string of the molecule is Cc1ccc2c(-c3ccccc3)c(C(=O)O)cc(OCc3ccccc3)c2c1. The van der Waals surface area contributed by atoms with E-state index in [-0.39, 0.29) is 5.56 Å². The second-order valence-corrected chi connectivity index (χ2v) is 6.79. The summed E-state index contributed by atoms with van der Waals surface area (Å²) in [5, 5.41) is 11.7. The molecule has 0 aliphatic carbocycles. The number of ether oxygens (including phenoxy) is 1. The summed E-state index contributed by atoms with van der Waals surface area (Å²) in [5.41, 5.74) is 3.97. The van der Waals surface area contributed by atoms with Crippen LogP contribution in [-0.4, -0.2) is 11.1 Å². The molecule has 4 rings (SSSR count). The van der Waals surface area contributed by atoms with Crippen LogP contribution >= 0.6 is 0 Å². The molecule has 0 saturated heterocycles. The van der Waals surface area contributed by atoms with Gasteiger partial charge in [-0.05, 0) is 35.6 Å². The van der Waals surface area contributed by atoms with Crippen molar-refractivity contribution in [2.75, 3.05) is 0 Å². The Kier molecular flexibility index (Phi) is 4.81. The summed E-state index contributed by atoms with van der Waals surface area (Å²) in [5.74, 6) is -0.384. The van der Waals surface area contributed by atoms with Crippen LogP contribution in [0.1, 0.15) is 21.5 Å². The molecule has 0 atom stereocenters. The van der Waals surface area contributed by atoms with Crippen LogP contribution in [0.5, 0.6) is 5.75 Å². The molecule has 0 bridgehead atoms. The highest BCUT2D eigenvalue weighted by Crippen LogP contribution is 2.38. The average molecular weight is 368 g/mol. The van der Waals surface area contributed by atoms with E-state index in [1.54, 1.807) is 6.07 Å². The Hall–Kier alpha value is -3.59. The minimum Gasteiger partial charge on any atom is -0.488 e. The van der Waals surface area contributed by atoms with Crippen molar-refractivity contribution in [2.45, 2.75) is 13.5 Å². The van der Waals surface area contributed by atoms with E-state index in [2.05, 4.69) is 0 Å². The predicted octanol–water partition coefficient (Wildman–Crippen LogP) is 6.09. The molecule has 0 aliphatic heterocycles. The lowest BCUT2D eigenvalue weighted by atomic mass is 9.92. The molecule has 1 N–H and O–H groups in total. The van der Waals surface area contributed by atoms with Gasteiger partial charge in [-0.3, -0.25) is 0 Å². The fourth-order valence-electron chi connectivity index (χ4n) is 3.45. The van der Waals surface area contributed by atoms with Gasteiger partial charge in [0.05, 0.1) is 5.56 Å². The van der Waals surface area contributed by atoms with Gasteiger partial charge in [0.15, 0.2) is 0 Å². The zero-order valence-electron chi connectivity index (χ0n) is 15.6. The molecule has 0 amide bonds. The zero-order valence-corrected chi connectivity index (χ0v) is 15.6. The lowest BCUT2D eigenvalue weighted by Crippen LogP contribution is -2.04. The molecule has 4 aromatic rings. The van der Waals surface area contributed by atoms with Crippen molar-refractivity contribution < 1.29 is 14.6 Å². The van der Waals surface area contributed by atoms with Gasteiger partial charge in [0, 0.05) is 10.9 Å². The highest BCUT2D eigenvalue weighted by Gasteiger charge is 2.19. The Balaban J connectivity index is 1.91. The molecule has 0 radical (unpaired) electrons. The van der Waals surface area contributed by atoms with Gasteiger partial charge < -0.3 is 9.84 Å². The predicted molar refractivity (Wildman–Crippen MR) is 112 cm³/mol. The lowest BCUT2D eigenvalue weighted by molar-refractivity contribution is 0.0697. The smallest absolute Gasteiger partial charge is 0.336 e. The van der Waals surface area contributed by atoms with E-state index in [4.69, 9.17) is 4.74 Å². The standard InChI is InChI=1S/C25H20O3/c1-17-12-13-20-21(14-17)23(28-16-18-8-4-2-5-9-18)15-22(25(26)27)24(20)19-10-6-3-7-11-19/h2-15H,16H2,1H3,(H,26,27). The maximum absolute atomic E-state index is 12.1. The van der Waals surface area contributed by atoms with Gasteiger partial charge >= 0.3 is 5.97 Å². The first-order valence-electron chi connectivity index (χ1n) is 9.16. The molecule has 0 unspecified atom stereocenters. The van der Waals surface area contributed by atoms with Gasteiger partial charge in [0.2, 0.25) is 0 Å². The Morgan fingerprint density at radius 1 is 0.857 bits per heavy atom. The molecule has 4 aromatic carbocycles. The lowest BCUT2D eigenvalue weighted by Gasteiger charge is -2.16. The van der Waals surface area contributed by atoms with Crippen LogP contribution in [0.4, 0.5) is 0 Å². The summed E-state index contributed by atoms with van der Waals surface area (Å²) in [6, 6.07) is 27.2. The third kappa shape index (κ3) is 3.47. The monoisotopic (exact) mass is 368 g/mol. The molecule has 3 nitrogen and oxygen atoms in total. The quantitative estimate of drug-likeness (QED) is 0.463. The number of rotatable bonds is 5. The van der Waals surface area contributed by atoms with Crippen LogP contribution in [0.15, 0.2) is 84.9 Å². The fourth-order valence-corrected chi connectivity index (χ4v) is 3.45. The minimum absolute atomic E-state index is 0.241. The van der Waals surface area contributed by atoms with E-state index in [0.717, 1.165) is 33.0 Å². The summed E-state index contributed by atoms with van der Waals surface area (Å²) < 4.78 is 6.08. The van der Waals surface area contributed by atoms with Crippen LogP contribution in [0.25, 0.3) is 21.9 Å². The number of carbonyl (C=O) groups is 1. The second-order valence-electron chi connectivity index (χ2n) is 6.79. The number of carboxylic acids is 1. The molecule has 28 heavy (non-hydrogen) atoms. The van der Waals surface area contributed by atoms with Crippen molar-refractivity contribution >= 4 is 16.7 Å². The Morgan fingerprint density at radius 3 is 2.21 bits per heavy atom. The zero-order chi connectivity index (χ0) is 19.5. The van der Waals surface area contributed by atoms with E-state index in [1.807, 2.05) is 85.8 Å². The van der Waals surface area contributed by atoms with E-state index in [0.29, 0.717) is 12.4 Å². The number of hydrogen-bond acceptors (Lipinski definition) is 2.